The highest BCUT2D eigenvalue weighted by atomic mass is 16.5. The van der Waals surface area contributed by atoms with Crippen LogP contribution in [0, 0.1) is 13.8 Å². The highest BCUT2D eigenvalue weighted by Crippen LogP contribution is 2.21. The van der Waals surface area contributed by atoms with Gasteiger partial charge in [0, 0.05) is 37.6 Å². The van der Waals surface area contributed by atoms with Gasteiger partial charge in [0.05, 0.1) is 19.3 Å². The van der Waals surface area contributed by atoms with Crippen molar-refractivity contribution >= 4 is 17.3 Å². The Morgan fingerprint density at radius 3 is 2.45 bits per heavy atom. The number of nitrogens with zero attached hydrogens (tertiary/aromatic N) is 6. The molecule has 0 saturated carbocycles. The summed E-state index contributed by atoms with van der Waals surface area (Å²) in [5, 5.41) is 14.9. The van der Waals surface area contributed by atoms with E-state index in [2.05, 4.69) is 37.9 Å². The lowest BCUT2D eigenvalue weighted by molar-refractivity contribution is -0.129. The first-order chi connectivity index (χ1) is 15.0. The van der Waals surface area contributed by atoms with E-state index >= 15 is 0 Å². The van der Waals surface area contributed by atoms with E-state index in [0.29, 0.717) is 18.9 Å². The van der Waals surface area contributed by atoms with Crippen LogP contribution < -0.4 is 15.0 Å². The van der Waals surface area contributed by atoms with Crippen molar-refractivity contribution in [1.82, 2.24) is 25.1 Å². The number of benzene rings is 2. The molecule has 1 fully saturated rings. The molecule has 1 N–H and O–H groups in total. The van der Waals surface area contributed by atoms with Crippen molar-refractivity contribution < 1.29 is 9.53 Å². The Morgan fingerprint density at radius 1 is 1.06 bits per heavy atom. The first-order valence-electron chi connectivity index (χ1n) is 10.3. The quantitative estimate of drug-likeness (QED) is 0.652. The van der Waals surface area contributed by atoms with Crippen LogP contribution in [-0.2, 0) is 4.79 Å². The molecule has 0 spiro atoms. The number of rotatable bonds is 6. The number of carbonyl (C=O) groups is 1. The summed E-state index contributed by atoms with van der Waals surface area (Å²) < 4.78 is 6.91. The number of anilines is 2. The zero-order valence-electron chi connectivity index (χ0n) is 18.1. The third-order valence-corrected chi connectivity index (χ3v) is 5.58. The van der Waals surface area contributed by atoms with Gasteiger partial charge >= 0.3 is 0 Å². The molecule has 3 aromatic rings. The molecule has 1 aromatic heterocycles. The standard InChI is InChI=1S/C22H27N7O2/c1-16-4-5-18(14-21(16)29-17(2)24-25-26-29)23-15-22(30)28-12-10-27(11-13-28)19-6-8-20(31-3)9-7-19/h4-9,14,23H,10-13,15H2,1-3H3. The molecule has 1 amide bonds. The first kappa shape index (κ1) is 20.6. The van der Waals surface area contributed by atoms with E-state index in [1.807, 2.05) is 49.1 Å². The molecule has 9 heteroatoms. The molecule has 2 heterocycles. The topological polar surface area (TPSA) is 88.4 Å². The summed E-state index contributed by atoms with van der Waals surface area (Å²) in [6.45, 7) is 7.14. The summed E-state index contributed by atoms with van der Waals surface area (Å²) >= 11 is 0. The van der Waals surface area contributed by atoms with Crippen molar-refractivity contribution in [3.8, 4) is 11.4 Å². The van der Waals surface area contributed by atoms with E-state index < -0.39 is 0 Å². The summed E-state index contributed by atoms with van der Waals surface area (Å²) in [6, 6.07) is 14.0. The van der Waals surface area contributed by atoms with E-state index in [4.69, 9.17) is 4.74 Å². The molecule has 0 radical (unpaired) electrons. The van der Waals surface area contributed by atoms with Crippen LogP contribution in [0.3, 0.4) is 0 Å². The Hall–Kier alpha value is -3.62. The van der Waals surface area contributed by atoms with Crippen molar-refractivity contribution in [1.29, 1.82) is 0 Å². The maximum absolute atomic E-state index is 12.7. The number of tetrazole rings is 1. The van der Waals surface area contributed by atoms with Crippen LogP contribution in [0.5, 0.6) is 5.75 Å². The Morgan fingerprint density at radius 2 is 1.81 bits per heavy atom. The summed E-state index contributed by atoms with van der Waals surface area (Å²) in [5.41, 5.74) is 3.96. The molecule has 1 aliphatic rings. The number of ether oxygens (including phenoxy) is 1. The van der Waals surface area contributed by atoms with Gasteiger partial charge in [0.1, 0.15) is 5.75 Å². The maximum atomic E-state index is 12.7. The van der Waals surface area contributed by atoms with Gasteiger partial charge in [0.2, 0.25) is 5.91 Å². The Balaban J connectivity index is 1.32. The van der Waals surface area contributed by atoms with E-state index in [1.165, 1.54) is 0 Å². The van der Waals surface area contributed by atoms with Gasteiger partial charge in [-0.05, 0) is 66.2 Å². The Labute approximate surface area is 181 Å². The minimum atomic E-state index is 0.0927. The molecular weight excluding hydrogens is 394 g/mol. The molecule has 0 aliphatic carbocycles. The minimum absolute atomic E-state index is 0.0927. The Kier molecular flexibility index (Phi) is 6.01. The summed E-state index contributed by atoms with van der Waals surface area (Å²) in [4.78, 5) is 16.9. The predicted octanol–water partition coefficient (Wildman–Crippen LogP) is 2.05. The number of nitrogens with one attached hydrogen (secondary N) is 1. The lowest BCUT2D eigenvalue weighted by atomic mass is 10.1. The molecule has 1 saturated heterocycles. The number of amides is 1. The van der Waals surface area contributed by atoms with Crippen LogP contribution in [0.2, 0.25) is 0 Å². The number of aromatic nitrogens is 4. The monoisotopic (exact) mass is 421 g/mol. The van der Waals surface area contributed by atoms with E-state index in [0.717, 1.165) is 41.5 Å². The molecule has 0 bridgehead atoms. The highest BCUT2D eigenvalue weighted by Gasteiger charge is 2.21. The number of methoxy groups -OCH3 is 1. The highest BCUT2D eigenvalue weighted by molar-refractivity contribution is 5.81. The van der Waals surface area contributed by atoms with Crippen LogP contribution in [0.1, 0.15) is 11.4 Å². The summed E-state index contributed by atoms with van der Waals surface area (Å²) in [7, 11) is 1.66. The van der Waals surface area contributed by atoms with Gasteiger partial charge in [-0.15, -0.1) is 5.10 Å². The van der Waals surface area contributed by atoms with Gasteiger partial charge in [-0.1, -0.05) is 6.07 Å². The smallest absolute Gasteiger partial charge is 0.241 e. The SMILES string of the molecule is COc1ccc(N2CCN(C(=O)CNc3ccc(C)c(-n4nnnc4C)c3)CC2)cc1. The molecule has 0 atom stereocenters. The van der Waals surface area contributed by atoms with Gasteiger partial charge < -0.3 is 19.9 Å². The molecule has 9 nitrogen and oxygen atoms in total. The average molecular weight is 422 g/mol. The van der Waals surface area contributed by atoms with E-state index in [-0.39, 0.29) is 12.5 Å². The second kappa shape index (κ2) is 9.03. The van der Waals surface area contributed by atoms with Gasteiger partial charge in [0.15, 0.2) is 5.82 Å². The van der Waals surface area contributed by atoms with Gasteiger partial charge in [0.25, 0.3) is 0 Å². The fourth-order valence-electron chi connectivity index (χ4n) is 3.70. The van der Waals surface area contributed by atoms with Crippen LogP contribution >= 0.6 is 0 Å². The molecular formula is C22H27N7O2. The normalized spacial score (nSPS) is 13.9. The van der Waals surface area contributed by atoms with Crippen molar-refractivity contribution in [2.45, 2.75) is 13.8 Å². The molecule has 162 valence electrons. The van der Waals surface area contributed by atoms with Crippen molar-refractivity contribution in [3.05, 3.63) is 53.9 Å². The van der Waals surface area contributed by atoms with Gasteiger partial charge in [-0.2, -0.15) is 4.68 Å². The van der Waals surface area contributed by atoms with E-state index in [1.54, 1.807) is 11.8 Å². The predicted molar refractivity (Wildman–Crippen MR) is 119 cm³/mol. The first-order valence-corrected chi connectivity index (χ1v) is 10.3. The molecule has 2 aromatic carbocycles. The second-order valence-electron chi connectivity index (χ2n) is 7.56. The van der Waals surface area contributed by atoms with Crippen LogP contribution in [0.25, 0.3) is 5.69 Å². The zero-order valence-corrected chi connectivity index (χ0v) is 18.1. The fourth-order valence-corrected chi connectivity index (χ4v) is 3.70. The number of hydrogen-bond donors (Lipinski definition) is 1. The van der Waals surface area contributed by atoms with Crippen molar-refractivity contribution in [3.63, 3.8) is 0 Å². The lowest BCUT2D eigenvalue weighted by Crippen LogP contribution is -2.50. The maximum Gasteiger partial charge on any atom is 0.241 e. The molecule has 4 rings (SSSR count). The number of aryl methyl sites for hydroxylation is 2. The lowest BCUT2D eigenvalue weighted by Gasteiger charge is -2.36. The zero-order chi connectivity index (χ0) is 21.8. The number of piperazine rings is 1. The number of carbonyl (C=O) groups excluding carboxylic acids is 1. The van der Waals surface area contributed by atoms with Gasteiger partial charge in [-0.3, -0.25) is 4.79 Å². The minimum Gasteiger partial charge on any atom is -0.497 e. The second-order valence-corrected chi connectivity index (χ2v) is 7.56. The van der Waals surface area contributed by atoms with Gasteiger partial charge in [-0.25, -0.2) is 0 Å². The summed E-state index contributed by atoms with van der Waals surface area (Å²) in [5.74, 6) is 1.65. The van der Waals surface area contributed by atoms with Crippen LogP contribution in [0.4, 0.5) is 11.4 Å². The molecule has 1 aliphatic heterocycles. The summed E-state index contributed by atoms with van der Waals surface area (Å²) in [6.07, 6.45) is 0. The molecule has 0 unspecified atom stereocenters. The van der Waals surface area contributed by atoms with Crippen molar-refractivity contribution in [2.75, 3.05) is 50.1 Å². The van der Waals surface area contributed by atoms with Crippen LogP contribution in [0.15, 0.2) is 42.5 Å². The fraction of sp³-hybridized carbons (Fsp3) is 0.364. The third-order valence-electron chi connectivity index (χ3n) is 5.58. The largest absolute Gasteiger partial charge is 0.497 e. The molecule has 31 heavy (non-hydrogen) atoms. The average Bonchev–Trinajstić information content (AvgIpc) is 3.24. The van der Waals surface area contributed by atoms with Crippen molar-refractivity contribution in [2.24, 2.45) is 0 Å². The number of hydrogen-bond acceptors (Lipinski definition) is 7. The van der Waals surface area contributed by atoms with E-state index in [9.17, 15) is 4.79 Å². The third kappa shape index (κ3) is 4.60. The van der Waals surface area contributed by atoms with Crippen LogP contribution in [-0.4, -0.2) is 70.8 Å². The Bertz CT molecular complexity index is 1040.